The van der Waals surface area contributed by atoms with Gasteiger partial charge in [-0.15, -0.1) is 16.4 Å². The van der Waals surface area contributed by atoms with Gasteiger partial charge in [0, 0.05) is 11.6 Å². The zero-order valence-electron chi connectivity index (χ0n) is 12.6. The maximum Gasteiger partial charge on any atom is 0.437 e. The Morgan fingerprint density at radius 1 is 1.29 bits per heavy atom. The Balaban J connectivity index is 1.53. The van der Waals surface area contributed by atoms with Gasteiger partial charge in [0.2, 0.25) is 5.91 Å². The molecule has 8 heteroatoms. The number of carbonyl (C=O) groups excluding carboxylic acids is 1. The molecular formula is C16H14ClN3O3S. The molecule has 0 saturated heterocycles. The largest absolute Gasteiger partial charge is 0.437 e. The van der Waals surface area contributed by atoms with Crippen molar-refractivity contribution < 1.29 is 9.21 Å². The quantitative estimate of drug-likeness (QED) is 0.730. The van der Waals surface area contributed by atoms with Gasteiger partial charge in [-0.25, -0.2) is 4.79 Å². The molecule has 0 fully saturated rings. The van der Waals surface area contributed by atoms with Crippen molar-refractivity contribution in [3.05, 3.63) is 62.9 Å². The zero-order valence-corrected chi connectivity index (χ0v) is 14.1. The van der Waals surface area contributed by atoms with Crippen LogP contribution < -0.4 is 11.1 Å². The van der Waals surface area contributed by atoms with Crippen LogP contribution >= 0.6 is 22.9 Å². The number of nitrogens with zero attached hydrogens (tertiary/aromatic N) is 2. The summed E-state index contributed by atoms with van der Waals surface area (Å²) in [5.41, 5.74) is 1.07. The van der Waals surface area contributed by atoms with Crippen molar-refractivity contribution in [3.63, 3.8) is 0 Å². The second kappa shape index (κ2) is 7.46. The molecule has 1 N–H and O–H groups in total. The summed E-state index contributed by atoms with van der Waals surface area (Å²) >= 11 is 7.23. The van der Waals surface area contributed by atoms with Crippen LogP contribution in [0.25, 0.3) is 10.8 Å². The van der Waals surface area contributed by atoms with E-state index >= 15 is 0 Å². The SMILES string of the molecule is O=C(Cn1nc(-c2cccs2)oc1=O)NCCc1ccc(Cl)cc1. The third-order valence-corrected chi connectivity index (χ3v) is 4.39. The zero-order chi connectivity index (χ0) is 16.9. The molecule has 0 aliphatic rings. The molecule has 1 aromatic carbocycles. The first kappa shape index (κ1) is 16.5. The van der Waals surface area contributed by atoms with Gasteiger partial charge in [0.1, 0.15) is 6.54 Å². The molecule has 0 bridgehead atoms. The van der Waals surface area contributed by atoms with E-state index < -0.39 is 5.76 Å². The lowest BCUT2D eigenvalue weighted by Gasteiger charge is -2.04. The fourth-order valence-electron chi connectivity index (χ4n) is 2.10. The van der Waals surface area contributed by atoms with Gasteiger partial charge < -0.3 is 9.73 Å². The fourth-order valence-corrected chi connectivity index (χ4v) is 2.87. The summed E-state index contributed by atoms with van der Waals surface area (Å²) in [6.45, 7) is 0.291. The van der Waals surface area contributed by atoms with E-state index in [1.165, 1.54) is 11.3 Å². The first-order chi connectivity index (χ1) is 11.6. The van der Waals surface area contributed by atoms with Gasteiger partial charge in [0.05, 0.1) is 4.88 Å². The number of rotatable bonds is 6. The van der Waals surface area contributed by atoms with Crippen LogP contribution in [0.4, 0.5) is 0 Å². The number of benzene rings is 1. The molecule has 124 valence electrons. The number of halogens is 1. The molecule has 0 atom stereocenters. The summed E-state index contributed by atoms with van der Waals surface area (Å²) in [6.07, 6.45) is 0.678. The number of carbonyl (C=O) groups is 1. The maximum atomic E-state index is 11.9. The number of nitrogens with one attached hydrogen (secondary N) is 1. The Hall–Kier alpha value is -2.38. The Labute approximate surface area is 146 Å². The monoisotopic (exact) mass is 363 g/mol. The molecule has 2 aromatic heterocycles. The third-order valence-electron chi connectivity index (χ3n) is 3.28. The smallest absolute Gasteiger partial charge is 0.387 e. The molecule has 0 saturated carbocycles. The van der Waals surface area contributed by atoms with Crippen LogP contribution in [0.15, 0.2) is 51.0 Å². The van der Waals surface area contributed by atoms with Crippen LogP contribution in [-0.2, 0) is 17.8 Å². The van der Waals surface area contributed by atoms with Gasteiger partial charge in [0.15, 0.2) is 0 Å². The number of hydrogen-bond donors (Lipinski definition) is 1. The molecule has 0 unspecified atom stereocenters. The summed E-state index contributed by atoms with van der Waals surface area (Å²) in [5.74, 6) is -0.715. The Kier molecular flexibility index (Phi) is 5.12. The molecule has 3 aromatic rings. The summed E-state index contributed by atoms with van der Waals surface area (Å²) in [5, 5.41) is 9.33. The van der Waals surface area contributed by atoms with E-state index in [2.05, 4.69) is 10.4 Å². The minimum Gasteiger partial charge on any atom is -0.387 e. The lowest BCUT2D eigenvalue weighted by Crippen LogP contribution is -2.32. The topological polar surface area (TPSA) is 77.1 Å². The minimum atomic E-state index is -0.647. The molecule has 1 amide bonds. The van der Waals surface area contributed by atoms with E-state index in [9.17, 15) is 9.59 Å². The summed E-state index contributed by atoms with van der Waals surface area (Å²) in [7, 11) is 0. The van der Waals surface area contributed by atoms with Crippen molar-refractivity contribution in [1.29, 1.82) is 0 Å². The lowest BCUT2D eigenvalue weighted by molar-refractivity contribution is -0.121. The Bertz CT molecular complexity index is 869. The van der Waals surface area contributed by atoms with Crippen molar-refractivity contribution in [2.75, 3.05) is 6.54 Å². The van der Waals surface area contributed by atoms with Gasteiger partial charge in [-0.05, 0) is 35.6 Å². The summed E-state index contributed by atoms with van der Waals surface area (Å²) in [4.78, 5) is 24.4. The maximum absolute atomic E-state index is 11.9. The minimum absolute atomic E-state index is 0.172. The predicted molar refractivity (Wildman–Crippen MR) is 92.2 cm³/mol. The average Bonchev–Trinajstić information content (AvgIpc) is 3.20. The summed E-state index contributed by atoms with van der Waals surface area (Å²) < 4.78 is 6.08. The third kappa shape index (κ3) is 4.12. The molecule has 0 aliphatic carbocycles. The van der Waals surface area contributed by atoms with Crippen LogP contribution in [0.3, 0.4) is 0 Å². The first-order valence-corrected chi connectivity index (χ1v) is 8.50. The van der Waals surface area contributed by atoms with Crippen molar-refractivity contribution >= 4 is 28.8 Å². The Morgan fingerprint density at radius 3 is 2.79 bits per heavy atom. The standard InChI is InChI=1S/C16H14ClN3O3S/c17-12-5-3-11(4-6-12)7-8-18-14(21)10-20-16(22)23-15(19-20)13-2-1-9-24-13/h1-6,9H,7-8,10H2,(H,18,21). The van der Waals surface area contributed by atoms with Crippen LogP contribution in [0.1, 0.15) is 5.56 Å². The molecule has 0 radical (unpaired) electrons. The van der Waals surface area contributed by atoms with Gasteiger partial charge in [0.25, 0.3) is 5.89 Å². The van der Waals surface area contributed by atoms with Gasteiger partial charge in [-0.1, -0.05) is 29.8 Å². The van der Waals surface area contributed by atoms with Crippen molar-refractivity contribution in [2.45, 2.75) is 13.0 Å². The number of thiophene rings is 1. The van der Waals surface area contributed by atoms with Crippen LogP contribution in [0.5, 0.6) is 0 Å². The predicted octanol–water partition coefficient (Wildman–Crippen LogP) is 2.58. The normalized spacial score (nSPS) is 10.7. The number of aromatic nitrogens is 2. The van der Waals surface area contributed by atoms with Crippen molar-refractivity contribution in [3.8, 4) is 10.8 Å². The second-order valence-corrected chi connectivity index (χ2v) is 6.42. The van der Waals surface area contributed by atoms with Gasteiger partial charge in [-0.2, -0.15) is 4.68 Å². The molecule has 6 nitrogen and oxygen atoms in total. The summed E-state index contributed by atoms with van der Waals surface area (Å²) in [6, 6.07) is 11.1. The molecule has 0 spiro atoms. The molecule has 2 heterocycles. The van der Waals surface area contributed by atoms with E-state index in [1.54, 1.807) is 18.2 Å². The van der Waals surface area contributed by atoms with Gasteiger partial charge in [-0.3, -0.25) is 4.79 Å². The van der Waals surface area contributed by atoms with Crippen LogP contribution in [-0.4, -0.2) is 22.2 Å². The lowest BCUT2D eigenvalue weighted by atomic mass is 10.1. The van der Waals surface area contributed by atoms with E-state index in [0.29, 0.717) is 18.0 Å². The van der Waals surface area contributed by atoms with Crippen molar-refractivity contribution in [1.82, 2.24) is 15.1 Å². The first-order valence-electron chi connectivity index (χ1n) is 7.25. The number of amides is 1. The van der Waals surface area contributed by atoms with E-state index in [4.69, 9.17) is 16.0 Å². The fraction of sp³-hybridized carbons (Fsp3) is 0.188. The number of hydrogen-bond acceptors (Lipinski definition) is 5. The highest BCUT2D eigenvalue weighted by atomic mass is 35.5. The average molecular weight is 364 g/mol. The second-order valence-electron chi connectivity index (χ2n) is 5.03. The highest BCUT2D eigenvalue weighted by molar-refractivity contribution is 7.13. The molecule has 24 heavy (non-hydrogen) atoms. The van der Waals surface area contributed by atoms with Crippen LogP contribution in [0.2, 0.25) is 5.02 Å². The van der Waals surface area contributed by atoms with Crippen LogP contribution in [0, 0.1) is 0 Å². The molecule has 0 aliphatic heterocycles. The highest BCUT2D eigenvalue weighted by Crippen LogP contribution is 2.20. The van der Waals surface area contributed by atoms with Crippen molar-refractivity contribution in [2.24, 2.45) is 0 Å². The van der Waals surface area contributed by atoms with E-state index in [0.717, 1.165) is 15.1 Å². The van der Waals surface area contributed by atoms with E-state index in [-0.39, 0.29) is 18.3 Å². The highest BCUT2D eigenvalue weighted by Gasteiger charge is 2.13. The molecule has 3 rings (SSSR count). The van der Waals surface area contributed by atoms with E-state index in [1.807, 2.05) is 23.6 Å². The van der Waals surface area contributed by atoms with Gasteiger partial charge >= 0.3 is 5.76 Å². The molecular weight excluding hydrogens is 350 g/mol. The Morgan fingerprint density at radius 2 is 2.08 bits per heavy atom.